The summed E-state index contributed by atoms with van der Waals surface area (Å²) in [4.78, 5) is 6.71. The molecule has 0 fully saturated rings. The van der Waals surface area contributed by atoms with Gasteiger partial charge < -0.3 is 4.90 Å². The molecule has 0 aliphatic carbocycles. The largest absolute Gasteiger partial charge is 0.348 e. The molecule has 22 heavy (non-hydrogen) atoms. The SMILES string of the molecule is Clc1ccnc(N(Cc2ccccc2)Cc2ccccc2)c1. The summed E-state index contributed by atoms with van der Waals surface area (Å²) >= 11 is 6.13. The minimum absolute atomic E-state index is 0.705. The van der Waals surface area contributed by atoms with Crippen LogP contribution in [0.2, 0.25) is 5.02 Å². The van der Waals surface area contributed by atoms with Crippen LogP contribution in [0.5, 0.6) is 0 Å². The number of pyridine rings is 1. The average Bonchev–Trinajstić information content (AvgIpc) is 2.56. The van der Waals surface area contributed by atoms with Crippen molar-refractivity contribution >= 4 is 17.4 Å². The predicted molar refractivity (Wildman–Crippen MR) is 92.0 cm³/mol. The van der Waals surface area contributed by atoms with E-state index < -0.39 is 0 Å². The van der Waals surface area contributed by atoms with E-state index in [0.29, 0.717) is 5.02 Å². The fraction of sp³-hybridized carbons (Fsp3) is 0.105. The summed E-state index contributed by atoms with van der Waals surface area (Å²) in [5.74, 6) is 0.889. The minimum atomic E-state index is 0.705. The minimum Gasteiger partial charge on any atom is -0.348 e. The molecule has 2 aromatic carbocycles. The molecule has 0 atom stereocenters. The molecule has 0 aliphatic heterocycles. The van der Waals surface area contributed by atoms with E-state index in [1.165, 1.54) is 11.1 Å². The molecule has 0 spiro atoms. The molecule has 0 saturated carbocycles. The van der Waals surface area contributed by atoms with Crippen LogP contribution in [0.3, 0.4) is 0 Å². The molecular formula is C19H17ClN2. The van der Waals surface area contributed by atoms with E-state index in [1.807, 2.05) is 18.2 Å². The molecule has 0 bridgehead atoms. The van der Waals surface area contributed by atoms with Gasteiger partial charge in [0.2, 0.25) is 0 Å². The van der Waals surface area contributed by atoms with Gasteiger partial charge in [0.25, 0.3) is 0 Å². The molecular weight excluding hydrogens is 292 g/mol. The van der Waals surface area contributed by atoms with Crippen LogP contribution in [0.4, 0.5) is 5.82 Å². The van der Waals surface area contributed by atoms with Crippen molar-refractivity contribution in [1.29, 1.82) is 0 Å². The first-order chi connectivity index (χ1) is 10.8. The van der Waals surface area contributed by atoms with Crippen molar-refractivity contribution in [2.45, 2.75) is 13.1 Å². The highest BCUT2D eigenvalue weighted by Gasteiger charge is 2.10. The first-order valence-electron chi connectivity index (χ1n) is 7.25. The summed E-state index contributed by atoms with van der Waals surface area (Å²) in [6, 6.07) is 24.5. The summed E-state index contributed by atoms with van der Waals surface area (Å²) in [7, 11) is 0. The second-order valence-corrected chi connectivity index (χ2v) is 5.60. The average molecular weight is 309 g/mol. The second-order valence-electron chi connectivity index (χ2n) is 5.16. The fourth-order valence-corrected chi connectivity index (χ4v) is 2.55. The molecule has 110 valence electrons. The van der Waals surface area contributed by atoms with E-state index in [4.69, 9.17) is 11.6 Å². The van der Waals surface area contributed by atoms with Crippen LogP contribution in [-0.2, 0) is 13.1 Å². The Hall–Kier alpha value is -2.32. The second kappa shape index (κ2) is 7.10. The molecule has 1 aromatic heterocycles. The first-order valence-corrected chi connectivity index (χ1v) is 7.63. The predicted octanol–water partition coefficient (Wildman–Crippen LogP) is 4.94. The Kier molecular flexibility index (Phi) is 4.71. The molecule has 0 aliphatic rings. The summed E-state index contributed by atoms with van der Waals surface area (Å²) in [5, 5.41) is 0.705. The van der Waals surface area contributed by atoms with Crippen LogP contribution in [0.25, 0.3) is 0 Å². The lowest BCUT2D eigenvalue weighted by Crippen LogP contribution is -2.23. The standard InChI is InChI=1S/C19H17ClN2/c20-18-11-12-21-19(13-18)22(14-16-7-3-1-4-8-16)15-17-9-5-2-6-10-17/h1-13H,14-15H2. The quantitative estimate of drug-likeness (QED) is 0.663. The maximum absolute atomic E-state index is 6.13. The van der Waals surface area contributed by atoms with E-state index >= 15 is 0 Å². The summed E-state index contributed by atoms with van der Waals surface area (Å²) in [5.41, 5.74) is 2.50. The van der Waals surface area contributed by atoms with Crippen molar-refractivity contribution in [1.82, 2.24) is 4.98 Å². The molecule has 0 unspecified atom stereocenters. The lowest BCUT2D eigenvalue weighted by atomic mass is 10.1. The number of anilines is 1. The number of benzene rings is 2. The molecule has 1 heterocycles. The van der Waals surface area contributed by atoms with Gasteiger partial charge in [-0.2, -0.15) is 0 Å². The van der Waals surface area contributed by atoms with Crippen molar-refractivity contribution in [3.05, 3.63) is 95.1 Å². The van der Waals surface area contributed by atoms with Crippen LogP contribution in [-0.4, -0.2) is 4.98 Å². The highest BCUT2D eigenvalue weighted by Crippen LogP contribution is 2.21. The van der Waals surface area contributed by atoms with E-state index in [1.54, 1.807) is 12.3 Å². The van der Waals surface area contributed by atoms with Crippen molar-refractivity contribution in [3.8, 4) is 0 Å². The Morgan fingerprint density at radius 2 is 1.32 bits per heavy atom. The van der Waals surface area contributed by atoms with Crippen LogP contribution in [0.15, 0.2) is 79.0 Å². The van der Waals surface area contributed by atoms with Gasteiger partial charge in [0.15, 0.2) is 0 Å². The third-order valence-corrected chi connectivity index (χ3v) is 3.70. The molecule has 3 heteroatoms. The van der Waals surface area contributed by atoms with E-state index in [0.717, 1.165) is 18.9 Å². The van der Waals surface area contributed by atoms with Gasteiger partial charge >= 0.3 is 0 Å². The Morgan fingerprint density at radius 1 is 0.773 bits per heavy atom. The smallest absolute Gasteiger partial charge is 0.130 e. The van der Waals surface area contributed by atoms with E-state index in [9.17, 15) is 0 Å². The van der Waals surface area contributed by atoms with Gasteiger partial charge in [-0.1, -0.05) is 72.3 Å². The third kappa shape index (κ3) is 3.86. The highest BCUT2D eigenvalue weighted by atomic mass is 35.5. The number of hydrogen-bond donors (Lipinski definition) is 0. The molecule has 3 aromatic rings. The number of halogens is 1. The van der Waals surface area contributed by atoms with Crippen molar-refractivity contribution in [2.75, 3.05) is 4.90 Å². The Labute approximate surface area is 136 Å². The Balaban J connectivity index is 1.88. The topological polar surface area (TPSA) is 16.1 Å². The van der Waals surface area contributed by atoms with Gasteiger partial charge in [0, 0.05) is 24.3 Å². The summed E-state index contributed by atoms with van der Waals surface area (Å²) in [6.07, 6.45) is 1.75. The molecule has 0 radical (unpaired) electrons. The number of aromatic nitrogens is 1. The normalized spacial score (nSPS) is 10.4. The zero-order valence-electron chi connectivity index (χ0n) is 12.2. The van der Waals surface area contributed by atoms with Crippen molar-refractivity contribution < 1.29 is 0 Å². The van der Waals surface area contributed by atoms with Gasteiger partial charge in [-0.25, -0.2) is 4.98 Å². The molecule has 2 nitrogen and oxygen atoms in total. The lowest BCUT2D eigenvalue weighted by molar-refractivity contribution is 0.783. The molecule has 0 amide bonds. The zero-order chi connectivity index (χ0) is 15.2. The Morgan fingerprint density at radius 3 is 1.82 bits per heavy atom. The summed E-state index contributed by atoms with van der Waals surface area (Å²) in [6.45, 7) is 1.59. The molecule has 0 N–H and O–H groups in total. The van der Waals surface area contributed by atoms with Crippen molar-refractivity contribution in [2.24, 2.45) is 0 Å². The number of nitrogens with zero attached hydrogens (tertiary/aromatic N) is 2. The van der Waals surface area contributed by atoms with Gasteiger partial charge in [0.1, 0.15) is 5.82 Å². The molecule has 0 saturated heterocycles. The van der Waals surface area contributed by atoms with Gasteiger partial charge in [-0.15, -0.1) is 0 Å². The third-order valence-electron chi connectivity index (χ3n) is 3.46. The van der Waals surface area contributed by atoms with Crippen LogP contribution in [0.1, 0.15) is 11.1 Å². The van der Waals surface area contributed by atoms with Crippen LogP contribution >= 0.6 is 11.6 Å². The summed E-state index contributed by atoms with van der Waals surface area (Å²) < 4.78 is 0. The van der Waals surface area contributed by atoms with Crippen LogP contribution < -0.4 is 4.90 Å². The fourth-order valence-electron chi connectivity index (χ4n) is 2.39. The van der Waals surface area contributed by atoms with Crippen molar-refractivity contribution in [3.63, 3.8) is 0 Å². The molecule has 3 rings (SSSR count). The highest BCUT2D eigenvalue weighted by molar-refractivity contribution is 6.30. The Bertz CT molecular complexity index is 672. The number of hydrogen-bond acceptors (Lipinski definition) is 2. The van der Waals surface area contributed by atoms with Gasteiger partial charge in [-0.3, -0.25) is 0 Å². The maximum Gasteiger partial charge on any atom is 0.130 e. The first kappa shape index (κ1) is 14.6. The monoisotopic (exact) mass is 308 g/mol. The van der Waals surface area contributed by atoms with Gasteiger partial charge in [0.05, 0.1) is 0 Å². The maximum atomic E-state index is 6.13. The van der Waals surface area contributed by atoms with Crippen LogP contribution in [0, 0.1) is 0 Å². The van der Waals surface area contributed by atoms with E-state index in [-0.39, 0.29) is 0 Å². The number of rotatable bonds is 5. The van der Waals surface area contributed by atoms with E-state index in [2.05, 4.69) is 58.4 Å². The zero-order valence-corrected chi connectivity index (χ0v) is 12.9. The van der Waals surface area contributed by atoms with Gasteiger partial charge in [-0.05, 0) is 23.3 Å². The lowest BCUT2D eigenvalue weighted by Gasteiger charge is -2.24.